The first-order chi connectivity index (χ1) is 8.66. The van der Waals surface area contributed by atoms with Crippen LogP contribution in [-0.2, 0) is 4.74 Å². The van der Waals surface area contributed by atoms with Crippen molar-refractivity contribution < 1.29 is 9.53 Å². The van der Waals surface area contributed by atoms with Gasteiger partial charge in [0.2, 0.25) is 0 Å². The molecule has 0 spiro atoms. The van der Waals surface area contributed by atoms with Crippen molar-refractivity contribution in [2.45, 2.75) is 19.8 Å². The van der Waals surface area contributed by atoms with E-state index in [-0.39, 0.29) is 5.91 Å². The van der Waals surface area contributed by atoms with E-state index in [4.69, 9.17) is 4.74 Å². The summed E-state index contributed by atoms with van der Waals surface area (Å²) in [5, 5.41) is 2.96. The molecule has 1 unspecified atom stereocenters. The quantitative estimate of drug-likeness (QED) is 0.928. The van der Waals surface area contributed by atoms with Gasteiger partial charge in [0.1, 0.15) is 0 Å². The molecule has 1 amide bonds. The van der Waals surface area contributed by atoms with Crippen LogP contribution in [0.2, 0.25) is 0 Å². The molecule has 1 aromatic carbocycles. The summed E-state index contributed by atoms with van der Waals surface area (Å²) in [6.45, 7) is 4.41. The van der Waals surface area contributed by atoms with E-state index < -0.39 is 0 Å². The smallest absolute Gasteiger partial charge is 0.251 e. The first-order valence-electron chi connectivity index (χ1n) is 6.29. The van der Waals surface area contributed by atoms with Gasteiger partial charge in [-0.1, -0.05) is 15.9 Å². The third kappa shape index (κ3) is 3.56. The monoisotopic (exact) mass is 311 g/mol. The van der Waals surface area contributed by atoms with E-state index >= 15 is 0 Å². The molecule has 4 heteroatoms. The number of hydrogen-bond donors (Lipinski definition) is 1. The average Bonchev–Trinajstić information content (AvgIpc) is 2.85. The first kappa shape index (κ1) is 13.6. The van der Waals surface area contributed by atoms with Crippen molar-refractivity contribution in [2.75, 3.05) is 19.8 Å². The topological polar surface area (TPSA) is 38.3 Å². The minimum Gasteiger partial charge on any atom is -0.381 e. The number of halogens is 1. The zero-order valence-electron chi connectivity index (χ0n) is 10.5. The lowest BCUT2D eigenvalue weighted by Crippen LogP contribution is -2.26. The Bertz CT molecular complexity index is 428. The third-order valence-corrected chi connectivity index (χ3v) is 4.17. The maximum atomic E-state index is 11.9. The van der Waals surface area contributed by atoms with Gasteiger partial charge in [0.15, 0.2) is 0 Å². The van der Waals surface area contributed by atoms with Crippen molar-refractivity contribution in [1.82, 2.24) is 5.32 Å². The molecule has 1 N–H and O–H groups in total. The molecule has 1 aliphatic rings. The molecule has 1 aliphatic heterocycles. The SMILES string of the molecule is Cc1cc(C(=O)NCCC2CCOC2)ccc1Br. The molecule has 0 aromatic heterocycles. The van der Waals surface area contributed by atoms with E-state index in [1.54, 1.807) is 0 Å². The average molecular weight is 312 g/mol. The number of amides is 1. The highest BCUT2D eigenvalue weighted by molar-refractivity contribution is 9.10. The normalized spacial score (nSPS) is 18.9. The molecule has 0 aliphatic carbocycles. The molecule has 1 heterocycles. The van der Waals surface area contributed by atoms with E-state index in [9.17, 15) is 4.79 Å². The summed E-state index contributed by atoms with van der Waals surface area (Å²) in [7, 11) is 0. The van der Waals surface area contributed by atoms with Crippen molar-refractivity contribution in [3.8, 4) is 0 Å². The second kappa shape index (κ2) is 6.34. The molecule has 1 saturated heterocycles. The molecule has 2 rings (SSSR count). The van der Waals surface area contributed by atoms with Gasteiger partial charge in [-0.25, -0.2) is 0 Å². The summed E-state index contributed by atoms with van der Waals surface area (Å²) in [5.74, 6) is 0.612. The van der Waals surface area contributed by atoms with Crippen LogP contribution in [0, 0.1) is 12.8 Å². The highest BCUT2D eigenvalue weighted by atomic mass is 79.9. The summed E-state index contributed by atoms with van der Waals surface area (Å²) in [6, 6.07) is 5.65. The number of benzene rings is 1. The van der Waals surface area contributed by atoms with Crippen LogP contribution in [0.1, 0.15) is 28.8 Å². The number of carbonyl (C=O) groups is 1. The standard InChI is InChI=1S/C14H18BrNO2/c1-10-8-12(2-3-13(10)15)14(17)16-6-4-11-5-7-18-9-11/h2-3,8,11H,4-7,9H2,1H3,(H,16,17). The fraction of sp³-hybridized carbons (Fsp3) is 0.500. The van der Waals surface area contributed by atoms with Gasteiger partial charge in [-0.3, -0.25) is 4.79 Å². The fourth-order valence-electron chi connectivity index (χ4n) is 2.09. The van der Waals surface area contributed by atoms with Gasteiger partial charge < -0.3 is 10.1 Å². The molecular weight excluding hydrogens is 294 g/mol. The Balaban J connectivity index is 1.81. The molecule has 98 valence electrons. The maximum Gasteiger partial charge on any atom is 0.251 e. The molecule has 1 fully saturated rings. The Morgan fingerprint density at radius 3 is 3.06 bits per heavy atom. The Hall–Kier alpha value is -0.870. The van der Waals surface area contributed by atoms with Crippen LogP contribution in [0.5, 0.6) is 0 Å². The van der Waals surface area contributed by atoms with Crippen molar-refractivity contribution >= 4 is 21.8 Å². The lowest BCUT2D eigenvalue weighted by atomic mass is 10.1. The van der Waals surface area contributed by atoms with Gasteiger partial charge >= 0.3 is 0 Å². The van der Waals surface area contributed by atoms with Gasteiger partial charge in [-0.2, -0.15) is 0 Å². The van der Waals surface area contributed by atoms with E-state index in [2.05, 4.69) is 21.2 Å². The number of hydrogen-bond acceptors (Lipinski definition) is 2. The molecule has 0 bridgehead atoms. The highest BCUT2D eigenvalue weighted by Gasteiger charge is 2.15. The Labute approximate surface area is 116 Å². The van der Waals surface area contributed by atoms with Crippen molar-refractivity contribution in [1.29, 1.82) is 0 Å². The van der Waals surface area contributed by atoms with Crippen LogP contribution < -0.4 is 5.32 Å². The van der Waals surface area contributed by atoms with Crippen molar-refractivity contribution in [3.05, 3.63) is 33.8 Å². The van der Waals surface area contributed by atoms with Crippen LogP contribution in [0.15, 0.2) is 22.7 Å². The lowest BCUT2D eigenvalue weighted by molar-refractivity contribution is 0.0950. The second-order valence-corrected chi connectivity index (χ2v) is 5.59. The number of nitrogens with one attached hydrogen (secondary N) is 1. The Morgan fingerprint density at radius 1 is 1.56 bits per heavy atom. The molecule has 1 atom stereocenters. The molecule has 18 heavy (non-hydrogen) atoms. The highest BCUT2D eigenvalue weighted by Crippen LogP contribution is 2.17. The van der Waals surface area contributed by atoms with E-state index in [1.807, 2.05) is 25.1 Å². The molecule has 1 aromatic rings. The molecular formula is C14H18BrNO2. The van der Waals surface area contributed by atoms with E-state index in [0.29, 0.717) is 5.92 Å². The van der Waals surface area contributed by atoms with Gasteiger partial charge in [0.05, 0.1) is 0 Å². The fourth-order valence-corrected chi connectivity index (χ4v) is 2.34. The van der Waals surface area contributed by atoms with Gasteiger partial charge in [-0.15, -0.1) is 0 Å². The number of carbonyl (C=O) groups excluding carboxylic acids is 1. The second-order valence-electron chi connectivity index (χ2n) is 4.74. The lowest BCUT2D eigenvalue weighted by Gasteiger charge is -2.09. The minimum absolute atomic E-state index is 0.00418. The third-order valence-electron chi connectivity index (χ3n) is 3.28. The summed E-state index contributed by atoms with van der Waals surface area (Å²) in [6.07, 6.45) is 2.12. The van der Waals surface area contributed by atoms with Crippen LogP contribution in [0.3, 0.4) is 0 Å². The van der Waals surface area contributed by atoms with Crippen LogP contribution in [-0.4, -0.2) is 25.7 Å². The van der Waals surface area contributed by atoms with Crippen LogP contribution in [0.25, 0.3) is 0 Å². The van der Waals surface area contributed by atoms with E-state index in [0.717, 1.165) is 48.2 Å². The Kier molecular flexibility index (Phi) is 4.78. The number of aryl methyl sites for hydroxylation is 1. The van der Waals surface area contributed by atoms with Gasteiger partial charge in [0, 0.05) is 29.8 Å². The summed E-state index contributed by atoms with van der Waals surface area (Å²) >= 11 is 3.43. The maximum absolute atomic E-state index is 11.9. The predicted molar refractivity (Wildman–Crippen MR) is 74.8 cm³/mol. The molecule has 3 nitrogen and oxygen atoms in total. The minimum atomic E-state index is 0.00418. The van der Waals surface area contributed by atoms with Gasteiger partial charge in [0.25, 0.3) is 5.91 Å². The summed E-state index contributed by atoms with van der Waals surface area (Å²) < 4.78 is 6.34. The number of ether oxygens (including phenoxy) is 1. The molecule has 0 saturated carbocycles. The summed E-state index contributed by atoms with van der Waals surface area (Å²) in [4.78, 5) is 11.9. The zero-order valence-corrected chi connectivity index (χ0v) is 12.1. The van der Waals surface area contributed by atoms with Crippen molar-refractivity contribution in [2.24, 2.45) is 5.92 Å². The summed E-state index contributed by atoms with van der Waals surface area (Å²) in [5.41, 5.74) is 1.80. The van der Waals surface area contributed by atoms with Crippen LogP contribution in [0.4, 0.5) is 0 Å². The van der Waals surface area contributed by atoms with Crippen LogP contribution >= 0.6 is 15.9 Å². The van der Waals surface area contributed by atoms with E-state index in [1.165, 1.54) is 0 Å². The zero-order chi connectivity index (χ0) is 13.0. The Morgan fingerprint density at radius 2 is 2.39 bits per heavy atom. The first-order valence-corrected chi connectivity index (χ1v) is 7.08. The number of rotatable bonds is 4. The predicted octanol–water partition coefficient (Wildman–Crippen LogP) is 2.91. The van der Waals surface area contributed by atoms with Crippen molar-refractivity contribution in [3.63, 3.8) is 0 Å². The van der Waals surface area contributed by atoms with Gasteiger partial charge in [-0.05, 0) is 49.4 Å². The molecule has 0 radical (unpaired) electrons. The largest absolute Gasteiger partial charge is 0.381 e.